The van der Waals surface area contributed by atoms with E-state index in [-0.39, 0.29) is 5.69 Å². The first-order valence-corrected chi connectivity index (χ1v) is 5.44. The van der Waals surface area contributed by atoms with Crippen LogP contribution >= 0.6 is 0 Å². The van der Waals surface area contributed by atoms with Crippen LogP contribution < -0.4 is 10.3 Å². The minimum atomic E-state index is -0.844. The summed E-state index contributed by atoms with van der Waals surface area (Å²) < 4.78 is 18.3. The Morgan fingerprint density at radius 2 is 2.06 bits per heavy atom. The quantitative estimate of drug-likeness (QED) is 0.886. The van der Waals surface area contributed by atoms with Gasteiger partial charge >= 0.3 is 0 Å². The van der Waals surface area contributed by atoms with Crippen LogP contribution in [0.3, 0.4) is 0 Å². The van der Waals surface area contributed by atoms with E-state index in [1.807, 2.05) is 13.0 Å². The van der Waals surface area contributed by atoms with E-state index >= 15 is 0 Å². The van der Waals surface area contributed by atoms with Crippen molar-refractivity contribution in [2.45, 2.75) is 13.8 Å². The van der Waals surface area contributed by atoms with Gasteiger partial charge in [0.05, 0.1) is 12.8 Å². The van der Waals surface area contributed by atoms with Gasteiger partial charge in [0, 0.05) is 5.56 Å². The van der Waals surface area contributed by atoms with Crippen molar-refractivity contribution in [1.29, 1.82) is 0 Å². The second kappa shape index (κ2) is 4.60. The number of halogens is 1. The first-order valence-electron chi connectivity index (χ1n) is 5.44. The molecule has 18 heavy (non-hydrogen) atoms. The average Bonchev–Trinajstić information content (AvgIpc) is 2.35. The highest BCUT2D eigenvalue weighted by atomic mass is 19.1. The minimum Gasteiger partial charge on any atom is -0.496 e. The number of rotatable bonds is 2. The largest absolute Gasteiger partial charge is 0.496 e. The van der Waals surface area contributed by atoms with Crippen molar-refractivity contribution in [2.75, 3.05) is 7.11 Å². The summed E-state index contributed by atoms with van der Waals surface area (Å²) in [6, 6.07) is 5.37. The molecule has 0 aliphatic carbocycles. The van der Waals surface area contributed by atoms with E-state index in [0.717, 1.165) is 11.3 Å². The van der Waals surface area contributed by atoms with Crippen LogP contribution in [0.15, 0.2) is 23.0 Å². The summed E-state index contributed by atoms with van der Waals surface area (Å²) >= 11 is 0. The van der Waals surface area contributed by atoms with Gasteiger partial charge < -0.3 is 9.72 Å². The Morgan fingerprint density at radius 3 is 2.61 bits per heavy atom. The van der Waals surface area contributed by atoms with Gasteiger partial charge in [-0.25, -0.2) is 4.98 Å². The van der Waals surface area contributed by atoms with Gasteiger partial charge in [-0.3, -0.25) is 4.79 Å². The number of aryl methyl sites for hydroxylation is 2. The van der Waals surface area contributed by atoms with Crippen LogP contribution in [-0.2, 0) is 0 Å². The lowest BCUT2D eigenvalue weighted by Gasteiger charge is -2.07. The molecule has 1 heterocycles. The lowest BCUT2D eigenvalue weighted by molar-refractivity contribution is 0.412. The van der Waals surface area contributed by atoms with Gasteiger partial charge in [0.2, 0.25) is 5.82 Å². The molecule has 0 aliphatic heterocycles. The Hall–Kier alpha value is -2.17. The molecule has 2 aromatic rings. The van der Waals surface area contributed by atoms with Gasteiger partial charge in [0.25, 0.3) is 5.56 Å². The number of aromatic amines is 1. The summed E-state index contributed by atoms with van der Waals surface area (Å²) in [4.78, 5) is 17.8. The van der Waals surface area contributed by atoms with Crippen LogP contribution in [0.1, 0.15) is 11.3 Å². The highest BCUT2D eigenvalue weighted by molar-refractivity contribution is 5.58. The molecule has 0 atom stereocenters. The molecule has 94 valence electrons. The van der Waals surface area contributed by atoms with Crippen LogP contribution in [0.2, 0.25) is 0 Å². The van der Waals surface area contributed by atoms with Crippen molar-refractivity contribution in [3.8, 4) is 17.1 Å². The van der Waals surface area contributed by atoms with Crippen molar-refractivity contribution in [1.82, 2.24) is 9.97 Å². The standard InChI is InChI=1S/C13H13FN2O2/c1-7-6-9(4-5-10(7)18-3)12-15-8(2)11(14)13(17)16-12/h4-6H,1-3H3,(H,15,16,17). The lowest BCUT2D eigenvalue weighted by Crippen LogP contribution is -2.15. The van der Waals surface area contributed by atoms with Crippen LogP contribution in [-0.4, -0.2) is 17.1 Å². The molecule has 2 rings (SSSR count). The molecule has 0 aliphatic rings. The van der Waals surface area contributed by atoms with Crippen molar-refractivity contribution in [2.24, 2.45) is 0 Å². The predicted molar refractivity (Wildman–Crippen MR) is 66.3 cm³/mol. The summed E-state index contributed by atoms with van der Waals surface area (Å²) in [6.45, 7) is 3.35. The monoisotopic (exact) mass is 248 g/mol. The second-order valence-corrected chi connectivity index (χ2v) is 4.00. The molecular weight excluding hydrogens is 235 g/mol. The van der Waals surface area contributed by atoms with Crippen molar-refractivity contribution >= 4 is 0 Å². The van der Waals surface area contributed by atoms with Gasteiger partial charge in [-0.15, -0.1) is 0 Å². The molecule has 0 amide bonds. The normalized spacial score (nSPS) is 10.4. The fraction of sp³-hybridized carbons (Fsp3) is 0.231. The zero-order valence-corrected chi connectivity index (χ0v) is 10.4. The number of H-pyrrole nitrogens is 1. The van der Waals surface area contributed by atoms with Crippen LogP contribution in [0, 0.1) is 19.7 Å². The van der Waals surface area contributed by atoms with Gasteiger partial charge in [0.15, 0.2) is 0 Å². The minimum absolute atomic E-state index is 0.0854. The van der Waals surface area contributed by atoms with Crippen molar-refractivity contribution < 1.29 is 9.13 Å². The zero-order chi connectivity index (χ0) is 13.3. The maximum absolute atomic E-state index is 13.2. The number of nitrogens with zero attached hydrogens (tertiary/aromatic N) is 1. The molecule has 1 aromatic carbocycles. The molecule has 0 spiro atoms. The van der Waals surface area contributed by atoms with E-state index < -0.39 is 11.4 Å². The summed E-state index contributed by atoms with van der Waals surface area (Å²) in [5.74, 6) is 0.258. The Balaban J connectivity index is 2.56. The molecule has 0 saturated carbocycles. The predicted octanol–water partition coefficient (Wildman–Crippen LogP) is 2.20. The molecule has 0 radical (unpaired) electrons. The first kappa shape index (κ1) is 12.3. The van der Waals surface area contributed by atoms with Crippen LogP contribution in [0.25, 0.3) is 11.4 Å². The van der Waals surface area contributed by atoms with Crippen LogP contribution in [0.5, 0.6) is 5.75 Å². The molecule has 0 fully saturated rings. The third kappa shape index (κ3) is 2.11. The van der Waals surface area contributed by atoms with Gasteiger partial charge in [-0.1, -0.05) is 0 Å². The Labute approximate surface area is 103 Å². The number of hydrogen-bond acceptors (Lipinski definition) is 3. The average molecular weight is 248 g/mol. The first-order chi connectivity index (χ1) is 8.52. The van der Waals surface area contributed by atoms with Crippen LogP contribution in [0.4, 0.5) is 4.39 Å². The molecule has 0 bridgehead atoms. The van der Waals surface area contributed by atoms with Gasteiger partial charge in [-0.2, -0.15) is 4.39 Å². The van der Waals surface area contributed by atoms with E-state index in [1.165, 1.54) is 6.92 Å². The summed E-state index contributed by atoms with van der Waals surface area (Å²) in [5, 5.41) is 0. The third-order valence-corrected chi connectivity index (χ3v) is 2.70. The topological polar surface area (TPSA) is 55.0 Å². The summed E-state index contributed by atoms with van der Waals surface area (Å²) in [7, 11) is 1.59. The fourth-order valence-electron chi connectivity index (χ4n) is 1.73. The fourth-order valence-corrected chi connectivity index (χ4v) is 1.73. The molecule has 1 aromatic heterocycles. The molecule has 0 unspecified atom stereocenters. The van der Waals surface area contributed by atoms with E-state index in [9.17, 15) is 9.18 Å². The Kier molecular flexibility index (Phi) is 3.14. The van der Waals surface area contributed by atoms with Gasteiger partial charge in [0.1, 0.15) is 11.6 Å². The number of nitrogens with one attached hydrogen (secondary N) is 1. The SMILES string of the molecule is COc1ccc(-c2nc(C)c(F)c(=O)[nH]2)cc1C. The molecule has 0 saturated heterocycles. The molecular formula is C13H13FN2O2. The lowest BCUT2D eigenvalue weighted by atomic mass is 10.1. The van der Waals surface area contributed by atoms with Gasteiger partial charge in [-0.05, 0) is 37.6 Å². The smallest absolute Gasteiger partial charge is 0.287 e. The maximum atomic E-state index is 13.2. The summed E-state index contributed by atoms with van der Waals surface area (Å²) in [6.07, 6.45) is 0. The maximum Gasteiger partial charge on any atom is 0.287 e. The summed E-state index contributed by atoms with van der Waals surface area (Å²) in [5.41, 5.74) is 0.960. The number of aromatic nitrogens is 2. The van der Waals surface area contributed by atoms with E-state index in [1.54, 1.807) is 19.2 Å². The number of benzene rings is 1. The van der Waals surface area contributed by atoms with Crippen molar-refractivity contribution in [3.05, 3.63) is 45.6 Å². The Bertz CT molecular complexity index is 650. The highest BCUT2D eigenvalue weighted by Crippen LogP contribution is 2.23. The second-order valence-electron chi connectivity index (χ2n) is 4.00. The molecule has 5 heteroatoms. The Morgan fingerprint density at radius 1 is 1.33 bits per heavy atom. The number of ether oxygens (including phenoxy) is 1. The van der Waals surface area contributed by atoms with E-state index in [2.05, 4.69) is 9.97 Å². The zero-order valence-electron chi connectivity index (χ0n) is 10.4. The highest BCUT2D eigenvalue weighted by Gasteiger charge is 2.09. The van der Waals surface area contributed by atoms with E-state index in [4.69, 9.17) is 4.74 Å². The third-order valence-electron chi connectivity index (χ3n) is 2.70. The number of methoxy groups -OCH3 is 1. The molecule has 4 nitrogen and oxygen atoms in total. The number of hydrogen-bond donors (Lipinski definition) is 1. The van der Waals surface area contributed by atoms with E-state index in [0.29, 0.717) is 11.4 Å². The van der Waals surface area contributed by atoms with Crippen molar-refractivity contribution in [3.63, 3.8) is 0 Å². The molecule has 1 N–H and O–H groups in total.